The van der Waals surface area contributed by atoms with Crippen LogP contribution in [0.25, 0.3) is 0 Å². The molecule has 2 N–H and O–H groups in total. The van der Waals surface area contributed by atoms with Crippen molar-refractivity contribution in [3.63, 3.8) is 0 Å². The standard InChI is InChI=1S/C19H26N2O3/c22-18(10-13-21-11-8-15(9-12-21)19(23)24)20-17-7-3-5-14-4-1-2-6-16(14)17/h1-2,4,6,15,17H,3,5,7-13H2,(H,20,22)(H,23,24). The lowest BCUT2D eigenvalue weighted by Gasteiger charge is -2.30. The van der Waals surface area contributed by atoms with Crippen LogP contribution in [-0.2, 0) is 16.0 Å². The fraction of sp³-hybridized carbons (Fsp3) is 0.579. The Morgan fingerprint density at radius 3 is 2.67 bits per heavy atom. The van der Waals surface area contributed by atoms with Gasteiger partial charge >= 0.3 is 5.97 Å². The first-order chi connectivity index (χ1) is 11.6. The van der Waals surface area contributed by atoms with E-state index in [2.05, 4.69) is 28.4 Å². The summed E-state index contributed by atoms with van der Waals surface area (Å²) in [7, 11) is 0. The van der Waals surface area contributed by atoms with Crippen LogP contribution in [0, 0.1) is 5.92 Å². The molecule has 1 saturated heterocycles. The van der Waals surface area contributed by atoms with Gasteiger partial charge in [-0.05, 0) is 56.3 Å². The van der Waals surface area contributed by atoms with Crippen LogP contribution in [-0.4, -0.2) is 41.5 Å². The first-order valence-corrected chi connectivity index (χ1v) is 8.96. The molecule has 3 rings (SSSR count). The maximum atomic E-state index is 12.3. The predicted octanol–water partition coefficient (Wildman–Crippen LogP) is 2.37. The molecule has 1 amide bonds. The van der Waals surface area contributed by atoms with E-state index in [0.717, 1.165) is 32.4 Å². The van der Waals surface area contributed by atoms with E-state index in [-0.39, 0.29) is 17.9 Å². The molecule has 0 radical (unpaired) electrons. The van der Waals surface area contributed by atoms with Gasteiger partial charge in [0.1, 0.15) is 0 Å². The van der Waals surface area contributed by atoms with E-state index >= 15 is 0 Å². The SMILES string of the molecule is O=C(CCN1CCC(C(=O)O)CC1)NC1CCCc2ccccc21. The lowest BCUT2D eigenvalue weighted by molar-refractivity contribution is -0.143. The van der Waals surface area contributed by atoms with Crippen molar-refractivity contribution in [2.75, 3.05) is 19.6 Å². The van der Waals surface area contributed by atoms with Gasteiger partial charge in [-0.15, -0.1) is 0 Å². The molecular weight excluding hydrogens is 304 g/mol. The van der Waals surface area contributed by atoms with Gasteiger partial charge in [0.15, 0.2) is 0 Å². The number of piperidine rings is 1. The van der Waals surface area contributed by atoms with Gasteiger partial charge in [0.25, 0.3) is 0 Å². The molecule has 1 heterocycles. The van der Waals surface area contributed by atoms with Crippen molar-refractivity contribution in [2.45, 2.75) is 44.6 Å². The number of hydrogen-bond donors (Lipinski definition) is 2. The Labute approximate surface area is 143 Å². The Hall–Kier alpha value is -1.88. The van der Waals surface area contributed by atoms with Gasteiger partial charge in [-0.3, -0.25) is 9.59 Å². The Kier molecular flexibility index (Phi) is 5.51. The van der Waals surface area contributed by atoms with Gasteiger partial charge < -0.3 is 15.3 Å². The number of nitrogens with one attached hydrogen (secondary N) is 1. The van der Waals surface area contributed by atoms with Crippen LogP contribution in [0.1, 0.15) is 49.3 Å². The molecule has 1 aliphatic heterocycles. The number of nitrogens with zero attached hydrogens (tertiary/aromatic N) is 1. The summed E-state index contributed by atoms with van der Waals surface area (Å²) in [4.78, 5) is 25.5. The fourth-order valence-electron chi connectivity index (χ4n) is 3.83. The summed E-state index contributed by atoms with van der Waals surface area (Å²) in [5.41, 5.74) is 2.61. The number of fused-ring (bicyclic) bond motifs is 1. The summed E-state index contributed by atoms with van der Waals surface area (Å²) in [6, 6.07) is 8.51. The van der Waals surface area contributed by atoms with Gasteiger partial charge in [0.2, 0.25) is 5.91 Å². The number of amides is 1. The van der Waals surface area contributed by atoms with Gasteiger partial charge in [-0.25, -0.2) is 0 Å². The van der Waals surface area contributed by atoms with Gasteiger partial charge in [0.05, 0.1) is 12.0 Å². The zero-order chi connectivity index (χ0) is 16.9. The highest BCUT2D eigenvalue weighted by atomic mass is 16.4. The molecular formula is C19H26N2O3. The van der Waals surface area contributed by atoms with Crippen LogP contribution < -0.4 is 5.32 Å². The van der Waals surface area contributed by atoms with Gasteiger partial charge in [-0.2, -0.15) is 0 Å². The average Bonchev–Trinajstić information content (AvgIpc) is 2.61. The van der Waals surface area contributed by atoms with E-state index in [1.165, 1.54) is 11.1 Å². The van der Waals surface area contributed by atoms with E-state index in [1.54, 1.807) is 0 Å². The number of carbonyl (C=O) groups excluding carboxylic acids is 1. The quantitative estimate of drug-likeness (QED) is 0.869. The van der Waals surface area contributed by atoms with Crippen molar-refractivity contribution >= 4 is 11.9 Å². The van der Waals surface area contributed by atoms with Gasteiger partial charge in [0, 0.05) is 13.0 Å². The van der Waals surface area contributed by atoms with Crippen molar-refractivity contribution in [1.82, 2.24) is 10.2 Å². The third-order valence-corrected chi connectivity index (χ3v) is 5.30. The summed E-state index contributed by atoms with van der Waals surface area (Å²) in [6.45, 7) is 2.26. The summed E-state index contributed by atoms with van der Waals surface area (Å²) >= 11 is 0. The average molecular weight is 330 g/mol. The normalized spacial score (nSPS) is 21.9. The first kappa shape index (κ1) is 17.0. The Bertz CT molecular complexity index is 594. The van der Waals surface area contributed by atoms with E-state index in [4.69, 9.17) is 5.11 Å². The third-order valence-electron chi connectivity index (χ3n) is 5.30. The molecule has 1 aromatic rings. The Morgan fingerprint density at radius 2 is 1.92 bits per heavy atom. The lowest BCUT2D eigenvalue weighted by atomic mass is 9.87. The Balaban J connectivity index is 1.45. The molecule has 1 unspecified atom stereocenters. The van der Waals surface area contributed by atoms with E-state index < -0.39 is 5.97 Å². The molecule has 24 heavy (non-hydrogen) atoms. The number of benzene rings is 1. The van der Waals surface area contributed by atoms with E-state index in [9.17, 15) is 9.59 Å². The van der Waals surface area contributed by atoms with Crippen LogP contribution in [0.2, 0.25) is 0 Å². The highest BCUT2D eigenvalue weighted by Crippen LogP contribution is 2.29. The first-order valence-electron chi connectivity index (χ1n) is 8.96. The number of rotatable bonds is 5. The number of carbonyl (C=O) groups is 2. The molecule has 0 saturated carbocycles. The number of carboxylic acid groups (broad SMARTS) is 1. The minimum Gasteiger partial charge on any atom is -0.481 e. The zero-order valence-corrected chi connectivity index (χ0v) is 14.0. The monoisotopic (exact) mass is 330 g/mol. The zero-order valence-electron chi connectivity index (χ0n) is 14.0. The van der Waals surface area contributed by atoms with Crippen molar-refractivity contribution in [2.24, 2.45) is 5.92 Å². The largest absolute Gasteiger partial charge is 0.481 e. The minimum absolute atomic E-state index is 0.0945. The molecule has 5 heteroatoms. The van der Waals surface area contributed by atoms with Crippen LogP contribution in [0.5, 0.6) is 0 Å². The maximum Gasteiger partial charge on any atom is 0.306 e. The molecule has 0 bridgehead atoms. The second-order valence-electron chi connectivity index (χ2n) is 6.92. The molecule has 1 aliphatic carbocycles. The second kappa shape index (κ2) is 7.79. The summed E-state index contributed by atoms with van der Waals surface area (Å²) < 4.78 is 0. The molecule has 2 aliphatic rings. The fourth-order valence-corrected chi connectivity index (χ4v) is 3.83. The molecule has 5 nitrogen and oxygen atoms in total. The third kappa shape index (κ3) is 4.15. The summed E-state index contributed by atoms with van der Waals surface area (Å²) in [5, 5.41) is 12.2. The van der Waals surface area contributed by atoms with Gasteiger partial charge in [-0.1, -0.05) is 24.3 Å². The molecule has 1 atom stereocenters. The van der Waals surface area contributed by atoms with Crippen LogP contribution in [0.3, 0.4) is 0 Å². The van der Waals surface area contributed by atoms with Crippen molar-refractivity contribution in [3.8, 4) is 0 Å². The Morgan fingerprint density at radius 1 is 1.17 bits per heavy atom. The number of hydrogen-bond acceptors (Lipinski definition) is 3. The predicted molar refractivity (Wildman–Crippen MR) is 91.7 cm³/mol. The second-order valence-corrected chi connectivity index (χ2v) is 6.92. The van der Waals surface area contributed by atoms with Crippen LogP contribution in [0.15, 0.2) is 24.3 Å². The molecule has 130 valence electrons. The van der Waals surface area contributed by atoms with Crippen LogP contribution >= 0.6 is 0 Å². The highest BCUT2D eigenvalue weighted by molar-refractivity contribution is 5.76. The van der Waals surface area contributed by atoms with Crippen molar-refractivity contribution < 1.29 is 14.7 Å². The lowest BCUT2D eigenvalue weighted by Crippen LogP contribution is -2.39. The molecule has 0 aromatic heterocycles. The topological polar surface area (TPSA) is 69.6 Å². The van der Waals surface area contributed by atoms with E-state index in [1.807, 2.05) is 6.07 Å². The number of likely N-dealkylation sites (tertiary alicyclic amines) is 1. The molecule has 1 aromatic carbocycles. The number of aryl methyl sites for hydroxylation is 1. The highest BCUT2D eigenvalue weighted by Gasteiger charge is 2.25. The number of carboxylic acids is 1. The van der Waals surface area contributed by atoms with E-state index in [0.29, 0.717) is 25.8 Å². The molecule has 0 spiro atoms. The number of aliphatic carboxylic acids is 1. The minimum atomic E-state index is -0.691. The van der Waals surface area contributed by atoms with Crippen LogP contribution in [0.4, 0.5) is 0 Å². The smallest absolute Gasteiger partial charge is 0.306 e. The summed E-state index contributed by atoms with van der Waals surface area (Å²) in [6.07, 6.45) is 5.08. The van der Waals surface area contributed by atoms with Crippen molar-refractivity contribution in [1.29, 1.82) is 0 Å². The summed E-state index contributed by atoms with van der Waals surface area (Å²) in [5.74, 6) is -0.811. The maximum absolute atomic E-state index is 12.3. The van der Waals surface area contributed by atoms with Crippen molar-refractivity contribution in [3.05, 3.63) is 35.4 Å². The molecule has 1 fully saturated rings.